The fraction of sp³-hybridized carbons (Fsp3) is 0.444. The van der Waals surface area contributed by atoms with E-state index in [-0.39, 0.29) is 24.3 Å². The Bertz CT molecular complexity index is 323. The Morgan fingerprint density at radius 3 is 1.93 bits per heavy atom. The van der Waals surface area contributed by atoms with Gasteiger partial charge in [0.1, 0.15) is 11.5 Å². The molecule has 1 heterocycles. The van der Waals surface area contributed by atoms with Crippen LogP contribution >= 0.6 is 0 Å². The maximum atomic E-state index is 11.2. The van der Waals surface area contributed by atoms with Gasteiger partial charge in [0.2, 0.25) is 11.8 Å². The van der Waals surface area contributed by atoms with Gasteiger partial charge in [0.05, 0.1) is 0 Å². The first kappa shape index (κ1) is 10.4. The summed E-state index contributed by atoms with van der Waals surface area (Å²) in [5.74, 6) is -1.67. The molecule has 76 valence electrons. The average Bonchev–Trinajstić information content (AvgIpc) is 2.34. The zero-order valence-corrected chi connectivity index (χ0v) is 8.03. The molecule has 1 saturated heterocycles. The van der Waals surface area contributed by atoms with E-state index in [0.717, 1.165) is 4.90 Å². The molecule has 0 aromatic carbocycles. The highest BCUT2D eigenvalue weighted by Crippen LogP contribution is 2.20. The van der Waals surface area contributed by atoms with Crippen molar-refractivity contribution in [3.63, 3.8) is 0 Å². The van der Waals surface area contributed by atoms with Crippen LogP contribution in [0.2, 0.25) is 0 Å². The summed E-state index contributed by atoms with van der Waals surface area (Å²) in [7, 11) is 0. The summed E-state index contributed by atoms with van der Waals surface area (Å²) in [6, 6.07) is 0. The monoisotopic (exact) mass is 197 g/mol. The summed E-state index contributed by atoms with van der Waals surface area (Å²) in [4.78, 5) is 34.3. The quantitative estimate of drug-likeness (QED) is 0.397. The molecule has 1 N–H and O–H groups in total. The topological polar surface area (TPSA) is 74.7 Å². The van der Waals surface area contributed by atoms with Gasteiger partial charge in [0.25, 0.3) is 0 Å². The number of hydrogen-bond acceptors (Lipinski definition) is 4. The highest BCUT2D eigenvalue weighted by molar-refractivity contribution is 6.10. The molecule has 0 spiro atoms. The molecule has 0 unspecified atom stereocenters. The van der Waals surface area contributed by atoms with E-state index < -0.39 is 17.6 Å². The normalized spacial score (nSPS) is 18.6. The first-order valence-corrected chi connectivity index (χ1v) is 4.21. The fourth-order valence-corrected chi connectivity index (χ4v) is 1.40. The lowest BCUT2D eigenvalue weighted by atomic mass is 10.2. The van der Waals surface area contributed by atoms with Gasteiger partial charge < -0.3 is 5.11 Å². The van der Waals surface area contributed by atoms with Gasteiger partial charge in [0, 0.05) is 19.8 Å². The van der Waals surface area contributed by atoms with Gasteiger partial charge in [-0.2, -0.15) is 0 Å². The maximum Gasteiger partial charge on any atom is 0.234 e. The van der Waals surface area contributed by atoms with Crippen molar-refractivity contribution in [1.29, 1.82) is 0 Å². The van der Waals surface area contributed by atoms with Crippen molar-refractivity contribution in [2.45, 2.75) is 26.7 Å². The third kappa shape index (κ3) is 1.66. The second kappa shape index (κ2) is 3.61. The van der Waals surface area contributed by atoms with Crippen molar-refractivity contribution in [3.8, 4) is 0 Å². The van der Waals surface area contributed by atoms with Gasteiger partial charge in [-0.15, -0.1) is 0 Å². The fourth-order valence-electron chi connectivity index (χ4n) is 1.40. The molecular weight excluding hydrogens is 186 g/mol. The lowest BCUT2D eigenvalue weighted by molar-refractivity contribution is -0.138. The van der Waals surface area contributed by atoms with E-state index in [1.165, 1.54) is 13.8 Å². The van der Waals surface area contributed by atoms with Crippen LogP contribution in [-0.2, 0) is 14.4 Å². The predicted octanol–water partition coefficient (Wildman–Crippen LogP) is 0.514. The van der Waals surface area contributed by atoms with Crippen LogP contribution in [0.5, 0.6) is 0 Å². The highest BCUT2D eigenvalue weighted by atomic mass is 16.3. The molecule has 1 rings (SSSR count). The van der Waals surface area contributed by atoms with E-state index in [1.807, 2.05) is 0 Å². The molecular formula is C9H11NO4. The number of hydrogen-bond donors (Lipinski definition) is 1. The van der Waals surface area contributed by atoms with Crippen molar-refractivity contribution in [2.75, 3.05) is 0 Å². The van der Waals surface area contributed by atoms with Crippen LogP contribution in [0.4, 0.5) is 0 Å². The van der Waals surface area contributed by atoms with Crippen LogP contribution in [0.15, 0.2) is 11.5 Å². The molecule has 2 amide bonds. The number of amides is 2. The number of aliphatic hydroxyl groups excluding tert-OH is 1. The summed E-state index contributed by atoms with van der Waals surface area (Å²) in [5, 5.41) is 9.19. The van der Waals surface area contributed by atoms with Gasteiger partial charge in [-0.05, 0) is 6.92 Å². The van der Waals surface area contributed by atoms with E-state index in [4.69, 9.17) is 0 Å². The Morgan fingerprint density at radius 1 is 1.21 bits per heavy atom. The van der Waals surface area contributed by atoms with Crippen LogP contribution in [0.25, 0.3) is 0 Å². The number of aliphatic hydroxyl groups is 1. The molecule has 0 saturated carbocycles. The van der Waals surface area contributed by atoms with Crippen LogP contribution < -0.4 is 0 Å². The number of nitrogens with zero attached hydrogens (tertiary/aromatic N) is 1. The molecule has 0 aromatic heterocycles. The molecule has 1 fully saturated rings. The summed E-state index contributed by atoms with van der Waals surface area (Å²) < 4.78 is 0. The number of ketones is 1. The van der Waals surface area contributed by atoms with Crippen LogP contribution in [0, 0.1) is 0 Å². The third-order valence-corrected chi connectivity index (χ3v) is 1.95. The zero-order valence-electron chi connectivity index (χ0n) is 8.03. The number of carbonyl (C=O) groups excluding carboxylic acids is 3. The summed E-state index contributed by atoms with van der Waals surface area (Å²) in [5.41, 5.74) is -0.211. The molecule has 5 nitrogen and oxygen atoms in total. The van der Waals surface area contributed by atoms with Gasteiger partial charge in [0.15, 0.2) is 5.78 Å². The van der Waals surface area contributed by atoms with E-state index in [9.17, 15) is 19.5 Å². The molecule has 0 atom stereocenters. The first-order chi connectivity index (χ1) is 6.45. The lowest BCUT2D eigenvalue weighted by Gasteiger charge is -2.15. The molecule has 0 bridgehead atoms. The standard InChI is InChI=1S/C9H11NO4/c1-5(11)9(6(2)12)10-7(13)3-4-8(10)14/h11H,3-4H2,1-2H3. The summed E-state index contributed by atoms with van der Waals surface area (Å²) in [6.07, 6.45) is 0.200. The Balaban J connectivity index is 3.13. The van der Waals surface area contributed by atoms with E-state index in [2.05, 4.69) is 0 Å². The van der Waals surface area contributed by atoms with Crippen molar-refractivity contribution in [2.24, 2.45) is 0 Å². The van der Waals surface area contributed by atoms with Gasteiger partial charge in [-0.1, -0.05) is 0 Å². The summed E-state index contributed by atoms with van der Waals surface area (Å²) >= 11 is 0. The molecule has 0 aliphatic carbocycles. The van der Waals surface area contributed by atoms with Gasteiger partial charge in [-0.3, -0.25) is 14.4 Å². The maximum absolute atomic E-state index is 11.2. The number of imide groups is 1. The largest absolute Gasteiger partial charge is 0.510 e. The van der Waals surface area contributed by atoms with Crippen molar-refractivity contribution < 1.29 is 19.5 Å². The first-order valence-electron chi connectivity index (χ1n) is 4.21. The second-order valence-electron chi connectivity index (χ2n) is 3.11. The average molecular weight is 197 g/mol. The minimum atomic E-state index is -0.492. The van der Waals surface area contributed by atoms with E-state index in [0.29, 0.717) is 0 Å². The summed E-state index contributed by atoms with van der Waals surface area (Å²) in [6.45, 7) is 2.48. The van der Waals surface area contributed by atoms with E-state index >= 15 is 0 Å². The molecule has 0 radical (unpaired) electrons. The van der Waals surface area contributed by atoms with Gasteiger partial charge >= 0.3 is 0 Å². The Labute approximate surface area is 81.0 Å². The van der Waals surface area contributed by atoms with Crippen LogP contribution in [0.1, 0.15) is 26.7 Å². The van der Waals surface area contributed by atoms with Crippen molar-refractivity contribution in [3.05, 3.63) is 11.5 Å². The Kier molecular flexibility index (Phi) is 2.69. The minimum Gasteiger partial charge on any atom is -0.510 e. The number of Topliss-reactive ketones (excluding diaryl/α,β-unsaturated/α-hetero) is 1. The van der Waals surface area contributed by atoms with Crippen molar-refractivity contribution >= 4 is 17.6 Å². The van der Waals surface area contributed by atoms with Crippen LogP contribution in [-0.4, -0.2) is 27.6 Å². The predicted molar refractivity (Wildman–Crippen MR) is 47.1 cm³/mol. The molecule has 1 aliphatic rings. The van der Waals surface area contributed by atoms with Crippen LogP contribution in [0.3, 0.4) is 0 Å². The molecule has 5 heteroatoms. The zero-order chi connectivity index (χ0) is 10.9. The SMILES string of the molecule is CC(=O)C(=C(C)O)N1C(=O)CCC1=O. The molecule has 14 heavy (non-hydrogen) atoms. The number of likely N-dealkylation sites (tertiary alicyclic amines) is 1. The van der Waals surface area contributed by atoms with Crippen molar-refractivity contribution in [1.82, 2.24) is 4.90 Å². The lowest BCUT2D eigenvalue weighted by Crippen LogP contribution is -2.32. The number of rotatable bonds is 2. The van der Waals surface area contributed by atoms with Gasteiger partial charge in [-0.25, -0.2) is 4.90 Å². The third-order valence-electron chi connectivity index (χ3n) is 1.95. The Morgan fingerprint density at radius 2 is 1.64 bits per heavy atom. The number of carbonyl (C=O) groups is 3. The van der Waals surface area contributed by atoms with E-state index in [1.54, 1.807) is 0 Å². The highest BCUT2D eigenvalue weighted by Gasteiger charge is 2.34. The second-order valence-corrected chi connectivity index (χ2v) is 3.11. The molecule has 1 aliphatic heterocycles. The number of allylic oxidation sites excluding steroid dienone is 2. The molecule has 0 aromatic rings. The minimum absolute atomic E-state index is 0.100. The Hall–Kier alpha value is -1.65. The smallest absolute Gasteiger partial charge is 0.234 e.